The molecule has 0 N–H and O–H groups in total. The van der Waals surface area contributed by atoms with E-state index in [0.717, 1.165) is 11.1 Å². The Balaban J connectivity index is 1.54. The predicted octanol–water partition coefficient (Wildman–Crippen LogP) is 5.32. The van der Waals surface area contributed by atoms with Gasteiger partial charge in [-0.05, 0) is 48.7 Å². The normalized spacial score (nSPS) is 18.1. The number of furan rings is 1. The van der Waals surface area contributed by atoms with Gasteiger partial charge in [-0.1, -0.05) is 65.3 Å². The van der Waals surface area contributed by atoms with Gasteiger partial charge >= 0.3 is 0 Å². The molecular weight excluding hydrogens is 418 g/mol. The first-order valence-electron chi connectivity index (χ1n) is 9.51. The van der Waals surface area contributed by atoms with Crippen molar-refractivity contribution in [2.75, 3.05) is 0 Å². The summed E-state index contributed by atoms with van der Waals surface area (Å²) in [6, 6.07) is 19.2. The molecule has 1 fully saturated rings. The summed E-state index contributed by atoms with van der Waals surface area (Å²) in [4.78, 5) is 14.7. The molecule has 1 aliphatic rings. The first-order valence-corrected chi connectivity index (χ1v) is 10.8. The largest absolute Gasteiger partial charge is 0.467 e. The van der Waals surface area contributed by atoms with E-state index in [1.807, 2.05) is 31.2 Å². The number of hydrogen-bond acceptors (Lipinski definition) is 5. The second-order valence-corrected chi connectivity index (χ2v) is 8.58. The van der Waals surface area contributed by atoms with E-state index >= 15 is 0 Å². The SMILES string of the molecule is Cc1ccc(C[C@H]2S/C(=N\N=C/c3ccc(Cl)cc3)N(Cc3ccco3)C2=O)cc1. The van der Waals surface area contributed by atoms with Gasteiger partial charge in [-0.3, -0.25) is 9.69 Å². The third-order valence-corrected chi connectivity index (χ3v) is 6.09. The van der Waals surface area contributed by atoms with Gasteiger partial charge in [0, 0.05) is 5.02 Å². The molecule has 1 amide bonds. The molecule has 0 radical (unpaired) electrons. The van der Waals surface area contributed by atoms with Gasteiger partial charge in [0.25, 0.3) is 0 Å². The van der Waals surface area contributed by atoms with Crippen LogP contribution in [0.15, 0.2) is 81.5 Å². The van der Waals surface area contributed by atoms with E-state index in [4.69, 9.17) is 16.0 Å². The summed E-state index contributed by atoms with van der Waals surface area (Å²) >= 11 is 7.35. The fraction of sp³-hybridized carbons (Fsp3) is 0.174. The van der Waals surface area contributed by atoms with Crippen LogP contribution >= 0.6 is 23.4 Å². The van der Waals surface area contributed by atoms with Crippen LogP contribution in [0.5, 0.6) is 0 Å². The minimum absolute atomic E-state index is 0.0115. The number of amides is 1. The number of halogens is 1. The van der Waals surface area contributed by atoms with Crippen LogP contribution in [-0.4, -0.2) is 27.4 Å². The van der Waals surface area contributed by atoms with E-state index in [2.05, 4.69) is 34.5 Å². The quantitative estimate of drug-likeness (QED) is 0.387. The maximum Gasteiger partial charge on any atom is 0.242 e. The Morgan fingerprint density at radius 2 is 1.90 bits per heavy atom. The predicted molar refractivity (Wildman–Crippen MR) is 122 cm³/mol. The molecule has 1 saturated heterocycles. The lowest BCUT2D eigenvalue weighted by Gasteiger charge is -2.14. The van der Waals surface area contributed by atoms with Gasteiger partial charge in [-0.25, -0.2) is 0 Å². The summed E-state index contributed by atoms with van der Waals surface area (Å²) in [5.41, 5.74) is 3.20. The summed E-state index contributed by atoms with van der Waals surface area (Å²) < 4.78 is 5.43. The number of amidine groups is 1. The van der Waals surface area contributed by atoms with Crippen molar-refractivity contribution in [2.45, 2.75) is 25.1 Å². The van der Waals surface area contributed by atoms with Crippen LogP contribution < -0.4 is 0 Å². The number of rotatable bonds is 6. The van der Waals surface area contributed by atoms with E-state index in [-0.39, 0.29) is 11.2 Å². The molecule has 4 rings (SSSR count). The topological polar surface area (TPSA) is 58.2 Å². The van der Waals surface area contributed by atoms with Crippen LogP contribution in [0.4, 0.5) is 0 Å². The van der Waals surface area contributed by atoms with Gasteiger partial charge < -0.3 is 4.42 Å². The summed E-state index contributed by atoms with van der Waals surface area (Å²) in [7, 11) is 0. The average Bonchev–Trinajstić information content (AvgIpc) is 3.35. The van der Waals surface area contributed by atoms with Crippen molar-refractivity contribution < 1.29 is 9.21 Å². The molecule has 1 aromatic heterocycles. The number of carbonyl (C=O) groups excluding carboxylic acids is 1. The van der Waals surface area contributed by atoms with Crippen LogP contribution in [0.25, 0.3) is 0 Å². The van der Waals surface area contributed by atoms with Gasteiger partial charge in [0.15, 0.2) is 5.17 Å². The molecule has 0 aliphatic carbocycles. The number of hydrogen-bond donors (Lipinski definition) is 0. The fourth-order valence-electron chi connectivity index (χ4n) is 3.05. The van der Waals surface area contributed by atoms with Crippen molar-refractivity contribution in [3.8, 4) is 0 Å². The molecule has 0 unspecified atom stereocenters. The van der Waals surface area contributed by atoms with Crippen molar-refractivity contribution >= 4 is 40.7 Å². The first-order chi connectivity index (χ1) is 14.6. The molecule has 2 heterocycles. The lowest BCUT2D eigenvalue weighted by atomic mass is 10.1. The molecule has 1 aliphatic heterocycles. The molecule has 0 saturated carbocycles. The van der Waals surface area contributed by atoms with Gasteiger partial charge in [0.1, 0.15) is 5.76 Å². The number of aryl methyl sites for hydroxylation is 1. The lowest BCUT2D eigenvalue weighted by molar-refractivity contribution is -0.126. The van der Waals surface area contributed by atoms with Crippen molar-refractivity contribution in [1.29, 1.82) is 0 Å². The van der Waals surface area contributed by atoms with E-state index < -0.39 is 0 Å². The highest BCUT2D eigenvalue weighted by molar-refractivity contribution is 8.15. The highest BCUT2D eigenvalue weighted by Gasteiger charge is 2.38. The number of benzene rings is 2. The Morgan fingerprint density at radius 3 is 2.60 bits per heavy atom. The minimum Gasteiger partial charge on any atom is -0.467 e. The molecule has 3 aromatic rings. The molecular formula is C23H20ClN3O2S. The zero-order valence-electron chi connectivity index (χ0n) is 16.4. The van der Waals surface area contributed by atoms with Crippen LogP contribution in [0.3, 0.4) is 0 Å². The van der Waals surface area contributed by atoms with Gasteiger partial charge in [-0.15, -0.1) is 5.10 Å². The van der Waals surface area contributed by atoms with E-state index in [1.54, 1.807) is 29.5 Å². The Labute approximate surface area is 184 Å². The van der Waals surface area contributed by atoms with Crippen molar-refractivity contribution in [2.24, 2.45) is 10.2 Å². The number of thioether (sulfide) groups is 1. The maximum atomic E-state index is 13.1. The standard InChI is InChI=1S/C23H20ClN3O2S/c1-16-4-6-17(7-5-16)13-21-22(28)27(15-20-3-2-12-29-20)23(30-21)26-25-14-18-8-10-19(24)11-9-18/h2-12,14,21H,13,15H2,1H3/b25-14-,26-23-/t21-/m1/s1. The van der Waals surface area contributed by atoms with Crippen LogP contribution in [0.1, 0.15) is 22.5 Å². The summed E-state index contributed by atoms with van der Waals surface area (Å²) in [5, 5.41) is 9.52. The average molecular weight is 438 g/mol. The first kappa shape index (κ1) is 20.4. The Morgan fingerprint density at radius 1 is 1.13 bits per heavy atom. The molecule has 0 bridgehead atoms. The fourth-order valence-corrected chi connectivity index (χ4v) is 4.31. The third-order valence-electron chi connectivity index (χ3n) is 4.68. The molecule has 2 aromatic carbocycles. The van der Waals surface area contributed by atoms with Crippen LogP contribution in [0, 0.1) is 6.92 Å². The van der Waals surface area contributed by atoms with E-state index in [0.29, 0.717) is 28.9 Å². The second kappa shape index (κ2) is 9.32. The van der Waals surface area contributed by atoms with Crippen molar-refractivity contribution in [3.63, 3.8) is 0 Å². The van der Waals surface area contributed by atoms with Crippen LogP contribution in [0.2, 0.25) is 5.02 Å². The summed E-state index contributed by atoms with van der Waals surface area (Å²) in [5.74, 6) is 0.715. The summed E-state index contributed by atoms with van der Waals surface area (Å²) in [6.07, 6.45) is 3.88. The Kier molecular flexibility index (Phi) is 6.35. The molecule has 1 atom stereocenters. The lowest BCUT2D eigenvalue weighted by Crippen LogP contribution is -2.32. The molecule has 0 spiro atoms. The number of nitrogens with zero attached hydrogens (tertiary/aromatic N) is 3. The Bertz CT molecular complexity index is 1060. The molecule has 5 nitrogen and oxygen atoms in total. The smallest absolute Gasteiger partial charge is 0.242 e. The highest BCUT2D eigenvalue weighted by atomic mass is 35.5. The zero-order valence-corrected chi connectivity index (χ0v) is 17.9. The Hall–Kier alpha value is -2.83. The van der Waals surface area contributed by atoms with Gasteiger partial charge in [-0.2, -0.15) is 5.10 Å². The molecule has 152 valence electrons. The van der Waals surface area contributed by atoms with Crippen molar-refractivity contribution in [1.82, 2.24) is 4.90 Å². The van der Waals surface area contributed by atoms with E-state index in [1.165, 1.54) is 17.3 Å². The highest BCUT2D eigenvalue weighted by Crippen LogP contribution is 2.31. The maximum absolute atomic E-state index is 13.1. The van der Waals surface area contributed by atoms with Gasteiger partial charge in [0.05, 0.1) is 24.3 Å². The third kappa shape index (κ3) is 5.01. The van der Waals surface area contributed by atoms with Crippen molar-refractivity contribution in [3.05, 3.63) is 94.4 Å². The summed E-state index contributed by atoms with van der Waals surface area (Å²) in [6.45, 7) is 2.38. The van der Waals surface area contributed by atoms with E-state index in [9.17, 15) is 4.79 Å². The van der Waals surface area contributed by atoms with Gasteiger partial charge in [0.2, 0.25) is 5.91 Å². The second-order valence-electron chi connectivity index (χ2n) is 6.98. The molecule has 7 heteroatoms. The zero-order chi connectivity index (χ0) is 20.9. The van der Waals surface area contributed by atoms with Crippen LogP contribution in [-0.2, 0) is 17.8 Å². The minimum atomic E-state index is -0.243. The molecule has 30 heavy (non-hydrogen) atoms. The monoisotopic (exact) mass is 437 g/mol. The number of carbonyl (C=O) groups is 1.